The molecule has 1 rings (SSSR count). The van der Waals surface area contributed by atoms with E-state index >= 15 is 0 Å². The van der Waals surface area contributed by atoms with Gasteiger partial charge in [0.1, 0.15) is 0 Å². The highest BCUT2D eigenvalue weighted by atomic mass is 19.4. The summed E-state index contributed by atoms with van der Waals surface area (Å²) in [6.07, 6.45) is -2.29. The van der Waals surface area contributed by atoms with Crippen LogP contribution in [0.5, 0.6) is 0 Å². The quantitative estimate of drug-likeness (QED) is 0.600. The van der Waals surface area contributed by atoms with Crippen LogP contribution in [0.4, 0.5) is 13.2 Å². The third-order valence-corrected chi connectivity index (χ3v) is 4.16. The highest BCUT2D eigenvalue weighted by molar-refractivity contribution is 5.25. The molecule has 0 aliphatic carbocycles. The number of rotatable bonds is 7. The molecule has 3 N–H and O–H groups in total. The van der Waals surface area contributed by atoms with Gasteiger partial charge >= 0.3 is 6.18 Å². The van der Waals surface area contributed by atoms with Crippen LogP contribution < -0.4 is 11.3 Å². The topological polar surface area (TPSA) is 47.3 Å². The van der Waals surface area contributed by atoms with Gasteiger partial charge in [-0.2, -0.15) is 13.2 Å². The molecule has 6 heteroatoms. The van der Waals surface area contributed by atoms with Crippen molar-refractivity contribution in [3.63, 3.8) is 0 Å². The van der Waals surface area contributed by atoms with Crippen LogP contribution in [0.1, 0.15) is 37.8 Å². The Hall–Kier alpha value is -1.11. The van der Waals surface area contributed by atoms with Crippen molar-refractivity contribution in [1.82, 2.24) is 5.43 Å². The number of hydrazine groups is 1. The van der Waals surface area contributed by atoms with Crippen molar-refractivity contribution in [2.45, 2.75) is 50.9 Å². The first-order chi connectivity index (χ1) is 9.82. The normalized spacial score (nSPS) is 14.2. The largest absolute Gasteiger partial charge is 0.416 e. The molecule has 0 saturated carbocycles. The van der Waals surface area contributed by atoms with Gasteiger partial charge in [0.2, 0.25) is 0 Å². The summed E-state index contributed by atoms with van der Waals surface area (Å²) in [4.78, 5) is 0. The van der Waals surface area contributed by atoms with Crippen molar-refractivity contribution in [1.29, 1.82) is 0 Å². The fourth-order valence-electron chi connectivity index (χ4n) is 2.64. The molecule has 0 bridgehead atoms. The lowest BCUT2D eigenvalue weighted by molar-refractivity contribution is -0.137. The molecule has 0 aromatic heterocycles. The van der Waals surface area contributed by atoms with Gasteiger partial charge in [-0.05, 0) is 37.0 Å². The van der Waals surface area contributed by atoms with Crippen LogP contribution in [-0.4, -0.2) is 18.8 Å². The Labute approximate surface area is 123 Å². The molecule has 1 aromatic rings. The number of hydrogen-bond donors (Lipinski definition) is 2. The number of nitrogens with two attached hydrogens (primary N) is 1. The molecular formula is C15H23F3N2O. The second-order valence-electron chi connectivity index (χ2n) is 5.09. The molecule has 0 amide bonds. The monoisotopic (exact) mass is 304 g/mol. The van der Waals surface area contributed by atoms with Crippen molar-refractivity contribution in [2.24, 2.45) is 5.84 Å². The maximum absolute atomic E-state index is 12.5. The number of methoxy groups -OCH3 is 1. The minimum atomic E-state index is -4.31. The molecule has 21 heavy (non-hydrogen) atoms. The SMILES string of the molecule is CCC(CC)(OC)C(Cc1ccc(C(F)(F)F)cc1)NN. The van der Waals surface area contributed by atoms with E-state index in [2.05, 4.69) is 5.43 Å². The van der Waals surface area contributed by atoms with E-state index in [1.807, 2.05) is 13.8 Å². The summed E-state index contributed by atoms with van der Waals surface area (Å²) in [7, 11) is 1.63. The van der Waals surface area contributed by atoms with Crippen LogP contribution in [0.25, 0.3) is 0 Å². The van der Waals surface area contributed by atoms with E-state index in [-0.39, 0.29) is 6.04 Å². The average Bonchev–Trinajstić information content (AvgIpc) is 2.47. The predicted octanol–water partition coefficient (Wildman–Crippen LogP) is 3.29. The Morgan fingerprint density at radius 2 is 1.67 bits per heavy atom. The molecule has 1 atom stereocenters. The number of halogens is 3. The average molecular weight is 304 g/mol. The summed E-state index contributed by atoms with van der Waals surface area (Å²) in [5, 5.41) is 0. The Balaban J connectivity index is 2.92. The van der Waals surface area contributed by atoms with Gasteiger partial charge in [-0.25, -0.2) is 0 Å². The molecule has 0 heterocycles. The standard InChI is InChI=1S/C15H23F3N2O/c1-4-14(5-2,21-3)13(20-19)10-11-6-8-12(9-7-11)15(16,17)18/h6-9,13,20H,4-5,10,19H2,1-3H3. The van der Waals surface area contributed by atoms with Crippen molar-refractivity contribution < 1.29 is 17.9 Å². The molecule has 0 spiro atoms. The first-order valence-electron chi connectivity index (χ1n) is 7.00. The fourth-order valence-corrected chi connectivity index (χ4v) is 2.64. The number of benzene rings is 1. The van der Waals surface area contributed by atoms with E-state index in [1.54, 1.807) is 7.11 Å². The van der Waals surface area contributed by atoms with Crippen LogP contribution >= 0.6 is 0 Å². The molecule has 0 fully saturated rings. The molecule has 0 radical (unpaired) electrons. The number of ether oxygens (including phenoxy) is 1. The fraction of sp³-hybridized carbons (Fsp3) is 0.600. The lowest BCUT2D eigenvalue weighted by Gasteiger charge is -2.38. The van der Waals surface area contributed by atoms with Gasteiger partial charge in [-0.3, -0.25) is 11.3 Å². The van der Waals surface area contributed by atoms with Crippen molar-refractivity contribution >= 4 is 0 Å². The molecule has 0 aliphatic heterocycles. The summed E-state index contributed by atoms with van der Waals surface area (Å²) in [5.41, 5.74) is 2.45. The van der Waals surface area contributed by atoms with Crippen molar-refractivity contribution in [3.05, 3.63) is 35.4 Å². The maximum atomic E-state index is 12.5. The van der Waals surface area contributed by atoms with Crippen LogP contribution in [0.3, 0.4) is 0 Å². The predicted molar refractivity (Wildman–Crippen MR) is 76.6 cm³/mol. The van der Waals surface area contributed by atoms with Gasteiger partial charge < -0.3 is 4.74 Å². The van der Waals surface area contributed by atoms with E-state index in [0.717, 1.165) is 30.5 Å². The lowest BCUT2D eigenvalue weighted by atomic mass is 9.84. The molecule has 3 nitrogen and oxygen atoms in total. The Bertz CT molecular complexity index is 419. The van der Waals surface area contributed by atoms with Gasteiger partial charge in [0, 0.05) is 7.11 Å². The molecule has 1 aromatic carbocycles. The summed E-state index contributed by atoms with van der Waals surface area (Å²) in [6, 6.07) is 4.98. The molecule has 0 aliphatic rings. The Morgan fingerprint density at radius 3 is 2.00 bits per heavy atom. The second-order valence-corrected chi connectivity index (χ2v) is 5.09. The summed E-state index contributed by atoms with van der Waals surface area (Å²) >= 11 is 0. The second kappa shape index (κ2) is 7.24. The minimum Gasteiger partial charge on any atom is -0.377 e. The van der Waals surface area contributed by atoms with E-state index in [4.69, 9.17) is 10.6 Å². The Morgan fingerprint density at radius 1 is 1.14 bits per heavy atom. The van der Waals surface area contributed by atoms with Gasteiger partial charge in [0.25, 0.3) is 0 Å². The number of hydrogen-bond acceptors (Lipinski definition) is 3. The van der Waals surface area contributed by atoms with Gasteiger partial charge in [0.05, 0.1) is 17.2 Å². The van der Waals surface area contributed by atoms with E-state index in [9.17, 15) is 13.2 Å². The van der Waals surface area contributed by atoms with Gasteiger partial charge in [0.15, 0.2) is 0 Å². The van der Waals surface area contributed by atoms with Crippen LogP contribution in [0, 0.1) is 0 Å². The van der Waals surface area contributed by atoms with E-state index < -0.39 is 17.3 Å². The van der Waals surface area contributed by atoms with Crippen LogP contribution in [0.15, 0.2) is 24.3 Å². The zero-order valence-corrected chi connectivity index (χ0v) is 12.6. The van der Waals surface area contributed by atoms with Crippen molar-refractivity contribution in [2.75, 3.05) is 7.11 Å². The molecule has 0 saturated heterocycles. The molecular weight excluding hydrogens is 281 g/mol. The first-order valence-corrected chi connectivity index (χ1v) is 7.00. The zero-order valence-electron chi connectivity index (χ0n) is 12.6. The van der Waals surface area contributed by atoms with Gasteiger partial charge in [-0.15, -0.1) is 0 Å². The van der Waals surface area contributed by atoms with Crippen molar-refractivity contribution in [3.8, 4) is 0 Å². The summed E-state index contributed by atoms with van der Waals surface area (Å²) in [6.45, 7) is 4.01. The number of alkyl halides is 3. The maximum Gasteiger partial charge on any atom is 0.416 e. The highest BCUT2D eigenvalue weighted by Crippen LogP contribution is 2.30. The number of nitrogens with one attached hydrogen (secondary N) is 1. The zero-order chi connectivity index (χ0) is 16.1. The van der Waals surface area contributed by atoms with Crippen LogP contribution in [-0.2, 0) is 17.3 Å². The molecule has 120 valence electrons. The smallest absolute Gasteiger partial charge is 0.377 e. The van der Waals surface area contributed by atoms with Gasteiger partial charge in [-0.1, -0.05) is 26.0 Å². The van der Waals surface area contributed by atoms with E-state index in [1.165, 1.54) is 12.1 Å². The Kier molecular flexibility index (Phi) is 6.19. The third kappa shape index (κ3) is 4.18. The first kappa shape index (κ1) is 17.9. The van der Waals surface area contributed by atoms with E-state index in [0.29, 0.717) is 6.42 Å². The molecule has 1 unspecified atom stereocenters. The third-order valence-electron chi connectivity index (χ3n) is 4.16. The van der Waals surface area contributed by atoms with Crippen LogP contribution in [0.2, 0.25) is 0 Å². The highest BCUT2D eigenvalue weighted by Gasteiger charge is 2.35. The summed E-state index contributed by atoms with van der Waals surface area (Å²) in [5.74, 6) is 5.62. The minimum absolute atomic E-state index is 0.172. The lowest BCUT2D eigenvalue weighted by Crippen LogP contribution is -2.55. The summed E-state index contributed by atoms with van der Waals surface area (Å²) < 4.78 is 43.3.